The number of furan rings is 1. The summed E-state index contributed by atoms with van der Waals surface area (Å²) in [5.74, 6) is 1.01. The SMILES string of the molecule is O=C([C@H]1CCCN(c2ncnc3c2oc2ccccc23)C1)N1CCOCC1. The number of anilines is 1. The van der Waals surface area contributed by atoms with E-state index in [1.165, 1.54) is 0 Å². The second-order valence-electron chi connectivity index (χ2n) is 7.20. The van der Waals surface area contributed by atoms with Crippen molar-refractivity contribution in [1.82, 2.24) is 14.9 Å². The van der Waals surface area contributed by atoms with Gasteiger partial charge in [0.1, 0.15) is 17.4 Å². The lowest BCUT2D eigenvalue weighted by Crippen LogP contribution is -2.48. The van der Waals surface area contributed by atoms with Crippen LogP contribution < -0.4 is 4.90 Å². The van der Waals surface area contributed by atoms with Gasteiger partial charge in [0.25, 0.3) is 0 Å². The highest BCUT2D eigenvalue weighted by Gasteiger charge is 2.31. The second kappa shape index (κ2) is 6.81. The Morgan fingerprint density at radius 1 is 1.11 bits per heavy atom. The van der Waals surface area contributed by atoms with Crippen molar-refractivity contribution in [2.24, 2.45) is 5.92 Å². The van der Waals surface area contributed by atoms with Gasteiger partial charge in [-0.2, -0.15) is 0 Å². The summed E-state index contributed by atoms with van der Waals surface area (Å²) in [6.45, 7) is 4.18. The van der Waals surface area contributed by atoms with E-state index in [9.17, 15) is 4.79 Å². The number of morpholine rings is 1. The minimum atomic E-state index is -0.00811. The van der Waals surface area contributed by atoms with Crippen molar-refractivity contribution in [2.75, 3.05) is 44.3 Å². The van der Waals surface area contributed by atoms with E-state index in [2.05, 4.69) is 14.9 Å². The number of amides is 1. The molecule has 0 radical (unpaired) electrons. The molecule has 2 fully saturated rings. The Kier molecular flexibility index (Phi) is 4.16. The Hall–Kier alpha value is -2.67. The number of piperidine rings is 1. The molecule has 0 bridgehead atoms. The summed E-state index contributed by atoms with van der Waals surface area (Å²) in [4.78, 5) is 26.0. The van der Waals surface area contributed by atoms with Crippen molar-refractivity contribution in [3.05, 3.63) is 30.6 Å². The van der Waals surface area contributed by atoms with Gasteiger partial charge in [-0.05, 0) is 25.0 Å². The molecule has 2 aromatic heterocycles. The highest BCUT2D eigenvalue weighted by atomic mass is 16.5. The molecule has 0 unspecified atom stereocenters. The van der Waals surface area contributed by atoms with Crippen LogP contribution >= 0.6 is 0 Å². The predicted octanol–water partition coefficient (Wildman–Crippen LogP) is 2.45. The number of hydrogen-bond acceptors (Lipinski definition) is 6. The van der Waals surface area contributed by atoms with Gasteiger partial charge in [0.15, 0.2) is 11.4 Å². The Morgan fingerprint density at radius 3 is 2.85 bits per heavy atom. The molecule has 3 aromatic rings. The minimum absolute atomic E-state index is 0.00811. The Bertz CT molecular complexity index is 980. The number of carbonyl (C=O) groups is 1. The van der Waals surface area contributed by atoms with Gasteiger partial charge in [0, 0.05) is 31.6 Å². The number of benzene rings is 1. The average molecular weight is 366 g/mol. The lowest BCUT2D eigenvalue weighted by molar-refractivity contribution is -0.139. The van der Waals surface area contributed by atoms with Crippen LogP contribution in [0.2, 0.25) is 0 Å². The first-order valence-electron chi connectivity index (χ1n) is 9.55. The zero-order chi connectivity index (χ0) is 18.2. The molecule has 140 valence electrons. The van der Waals surface area contributed by atoms with Crippen LogP contribution in [0.4, 0.5) is 5.82 Å². The van der Waals surface area contributed by atoms with E-state index in [1.54, 1.807) is 6.33 Å². The van der Waals surface area contributed by atoms with Gasteiger partial charge in [-0.1, -0.05) is 12.1 Å². The number of para-hydroxylation sites is 1. The van der Waals surface area contributed by atoms with E-state index in [1.807, 2.05) is 29.2 Å². The number of carbonyl (C=O) groups excluding carboxylic acids is 1. The van der Waals surface area contributed by atoms with Crippen molar-refractivity contribution in [1.29, 1.82) is 0 Å². The molecule has 0 aliphatic carbocycles. The van der Waals surface area contributed by atoms with Gasteiger partial charge < -0.3 is 19.0 Å². The van der Waals surface area contributed by atoms with Crippen molar-refractivity contribution >= 4 is 33.8 Å². The maximum absolute atomic E-state index is 12.9. The normalized spacial score (nSPS) is 21.1. The van der Waals surface area contributed by atoms with Crippen LogP contribution in [0, 0.1) is 5.92 Å². The first-order valence-corrected chi connectivity index (χ1v) is 9.55. The van der Waals surface area contributed by atoms with Gasteiger partial charge in [-0.3, -0.25) is 4.79 Å². The second-order valence-corrected chi connectivity index (χ2v) is 7.20. The number of hydrogen-bond donors (Lipinski definition) is 0. The van der Waals surface area contributed by atoms with Crippen LogP contribution in [0.1, 0.15) is 12.8 Å². The Balaban J connectivity index is 1.45. The molecule has 1 aromatic carbocycles. The zero-order valence-corrected chi connectivity index (χ0v) is 15.1. The molecule has 1 atom stereocenters. The largest absolute Gasteiger partial charge is 0.450 e. The molecule has 4 heterocycles. The number of fused-ring (bicyclic) bond motifs is 3. The number of ether oxygens (including phenoxy) is 1. The quantitative estimate of drug-likeness (QED) is 0.694. The Morgan fingerprint density at radius 2 is 1.96 bits per heavy atom. The first-order chi connectivity index (χ1) is 13.3. The smallest absolute Gasteiger partial charge is 0.227 e. The molecular weight excluding hydrogens is 344 g/mol. The summed E-state index contributed by atoms with van der Waals surface area (Å²) in [6, 6.07) is 7.90. The van der Waals surface area contributed by atoms with Crippen molar-refractivity contribution in [2.45, 2.75) is 12.8 Å². The maximum atomic E-state index is 12.9. The van der Waals surface area contributed by atoms with E-state index in [-0.39, 0.29) is 11.8 Å². The molecule has 2 aliphatic heterocycles. The van der Waals surface area contributed by atoms with E-state index in [0.717, 1.165) is 41.7 Å². The molecule has 7 nitrogen and oxygen atoms in total. The topological polar surface area (TPSA) is 71.7 Å². The van der Waals surface area contributed by atoms with E-state index in [0.29, 0.717) is 38.4 Å². The highest BCUT2D eigenvalue weighted by Crippen LogP contribution is 2.34. The lowest BCUT2D eigenvalue weighted by Gasteiger charge is -2.36. The fraction of sp³-hybridized carbons (Fsp3) is 0.450. The third-order valence-electron chi connectivity index (χ3n) is 5.53. The van der Waals surface area contributed by atoms with Crippen molar-refractivity contribution in [3.8, 4) is 0 Å². The molecule has 0 N–H and O–H groups in total. The van der Waals surface area contributed by atoms with Gasteiger partial charge in [-0.25, -0.2) is 9.97 Å². The van der Waals surface area contributed by atoms with E-state index in [4.69, 9.17) is 9.15 Å². The molecule has 5 rings (SSSR count). The molecular formula is C20H22N4O3. The molecule has 0 spiro atoms. The summed E-state index contributed by atoms with van der Waals surface area (Å²) in [5, 5.41) is 0.995. The summed E-state index contributed by atoms with van der Waals surface area (Å²) in [5.41, 5.74) is 2.35. The maximum Gasteiger partial charge on any atom is 0.227 e. The zero-order valence-electron chi connectivity index (χ0n) is 15.1. The number of nitrogens with zero attached hydrogens (tertiary/aromatic N) is 4. The predicted molar refractivity (Wildman–Crippen MR) is 102 cm³/mol. The lowest BCUT2D eigenvalue weighted by atomic mass is 9.96. The van der Waals surface area contributed by atoms with Crippen molar-refractivity contribution in [3.63, 3.8) is 0 Å². The third kappa shape index (κ3) is 2.92. The van der Waals surface area contributed by atoms with Crippen LogP contribution in [-0.4, -0.2) is 60.2 Å². The molecule has 2 aliphatic rings. The van der Waals surface area contributed by atoms with Gasteiger partial charge >= 0.3 is 0 Å². The highest BCUT2D eigenvalue weighted by molar-refractivity contribution is 6.05. The monoisotopic (exact) mass is 366 g/mol. The van der Waals surface area contributed by atoms with Gasteiger partial charge in [-0.15, -0.1) is 0 Å². The van der Waals surface area contributed by atoms with Crippen molar-refractivity contribution < 1.29 is 13.9 Å². The molecule has 0 saturated carbocycles. The fourth-order valence-corrected chi connectivity index (χ4v) is 4.15. The average Bonchev–Trinajstić information content (AvgIpc) is 3.13. The first kappa shape index (κ1) is 16.5. The van der Waals surface area contributed by atoms with Crippen LogP contribution in [0.25, 0.3) is 22.1 Å². The Labute approximate surface area is 156 Å². The van der Waals surface area contributed by atoms with E-state index >= 15 is 0 Å². The van der Waals surface area contributed by atoms with E-state index < -0.39 is 0 Å². The number of aromatic nitrogens is 2. The summed E-state index contributed by atoms with van der Waals surface area (Å²) >= 11 is 0. The minimum Gasteiger partial charge on any atom is -0.450 e. The molecule has 2 saturated heterocycles. The fourth-order valence-electron chi connectivity index (χ4n) is 4.15. The van der Waals surface area contributed by atoms with Crippen LogP contribution in [0.5, 0.6) is 0 Å². The number of rotatable bonds is 2. The molecule has 27 heavy (non-hydrogen) atoms. The van der Waals surface area contributed by atoms with Crippen LogP contribution in [-0.2, 0) is 9.53 Å². The summed E-state index contributed by atoms with van der Waals surface area (Å²) in [7, 11) is 0. The molecule has 7 heteroatoms. The van der Waals surface area contributed by atoms with Crippen LogP contribution in [0.15, 0.2) is 35.0 Å². The van der Waals surface area contributed by atoms with Gasteiger partial charge in [0.05, 0.1) is 19.1 Å². The van der Waals surface area contributed by atoms with Crippen LogP contribution in [0.3, 0.4) is 0 Å². The summed E-state index contributed by atoms with van der Waals surface area (Å²) < 4.78 is 11.4. The van der Waals surface area contributed by atoms with Gasteiger partial charge in [0.2, 0.25) is 5.91 Å². The standard InChI is InChI=1S/C20H22N4O3/c25-20(23-8-10-26-11-9-23)14-4-3-7-24(12-14)19-18-17(21-13-22-19)15-5-1-2-6-16(15)27-18/h1-2,5-6,13-14H,3-4,7-12H2/t14-/m0/s1. The molecule has 1 amide bonds. The summed E-state index contributed by atoms with van der Waals surface area (Å²) in [6.07, 6.45) is 3.47. The third-order valence-corrected chi connectivity index (χ3v) is 5.53.